The summed E-state index contributed by atoms with van der Waals surface area (Å²) in [5.41, 5.74) is 3.76. The molecular formula is C26H30N4O4. The van der Waals surface area contributed by atoms with Crippen molar-refractivity contribution in [2.75, 3.05) is 51.9 Å². The smallest absolute Gasteiger partial charge is 0.260 e. The number of piperazine rings is 1. The number of carbonyl (C=O) groups excluding carboxylic acids is 1. The van der Waals surface area contributed by atoms with Crippen molar-refractivity contribution in [2.45, 2.75) is 13.8 Å². The third-order valence-corrected chi connectivity index (χ3v) is 5.85. The number of ether oxygens (including phenoxy) is 3. The van der Waals surface area contributed by atoms with Crippen molar-refractivity contribution >= 4 is 11.7 Å². The molecule has 34 heavy (non-hydrogen) atoms. The number of nitrogens with zero attached hydrogens (tertiary/aromatic N) is 4. The maximum Gasteiger partial charge on any atom is 0.260 e. The second-order valence-corrected chi connectivity index (χ2v) is 8.32. The van der Waals surface area contributed by atoms with Crippen molar-refractivity contribution in [3.63, 3.8) is 0 Å². The van der Waals surface area contributed by atoms with Crippen LogP contribution in [-0.4, -0.2) is 68.0 Å². The Balaban J connectivity index is 1.34. The van der Waals surface area contributed by atoms with Gasteiger partial charge in [-0.25, -0.2) is 0 Å². The van der Waals surface area contributed by atoms with Gasteiger partial charge in [0.2, 0.25) is 0 Å². The summed E-state index contributed by atoms with van der Waals surface area (Å²) in [5, 5.41) is 8.84. The number of carbonyl (C=O) groups is 1. The summed E-state index contributed by atoms with van der Waals surface area (Å²) in [7, 11) is 3.25. The number of benzene rings is 2. The van der Waals surface area contributed by atoms with Gasteiger partial charge in [-0.2, -0.15) is 0 Å². The lowest BCUT2D eigenvalue weighted by atomic mass is 10.1. The number of rotatable bonds is 7. The van der Waals surface area contributed by atoms with Crippen LogP contribution in [-0.2, 0) is 4.79 Å². The van der Waals surface area contributed by atoms with Gasteiger partial charge in [0.05, 0.1) is 19.9 Å². The fraction of sp³-hybridized carbons (Fsp3) is 0.346. The standard InChI is InChI=1S/C26H30N4O4/c1-18-13-19(2)15-21(14-18)34-17-26(31)30-11-9-29(10-12-30)25-8-6-23(27-28-25)22-16-20(32-3)5-7-24(22)33-4/h5-8,13-16H,9-12,17H2,1-4H3. The molecule has 3 aromatic rings. The molecule has 1 saturated heterocycles. The van der Waals surface area contributed by atoms with Gasteiger partial charge in [-0.3, -0.25) is 4.79 Å². The molecule has 8 heteroatoms. The average Bonchev–Trinajstić information content (AvgIpc) is 2.86. The first-order valence-electron chi connectivity index (χ1n) is 11.3. The summed E-state index contributed by atoms with van der Waals surface area (Å²) >= 11 is 0. The molecule has 0 N–H and O–H groups in total. The number of hydrogen-bond donors (Lipinski definition) is 0. The minimum absolute atomic E-state index is 0.00892. The van der Waals surface area contributed by atoms with Crippen molar-refractivity contribution in [1.82, 2.24) is 15.1 Å². The van der Waals surface area contributed by atoms with E-state index in [1.165, 1.54) is 0 Å². The molecule has 0 bridgehead atoms. The van der Waals surface area contributed by atoms with Crippen LogP contribution in [0.4, 0.5) is 5.82 Å². The van der Waals surface area contributed by atoms with Crippen molar-refractivity contribution in [3.05, 3.63) is 59.7 Å². The number of methoxy groups -OCH3 is 2. The van der Waals surface area contributed by atoms with Crippen LogP contribution >= 0.6 is 0 Å². The minimum Gasteiger partial charge on any atom is -0.497 e. The molecule has 178 valence electrons. The quantitative estimate of drug-likeness (QED) is 0.532. The van der Waals surface area contributed by atoms with Gasteiger partial charge in [0.15, 0.2) is 12.4 Å². The Labute approximate surface area is 200 Å². The number of amides is 1. The van der Waals surface area contributed by atoms with Gasteiger partial charge in [-0.15, -0.1) is 10.2 Å². The monoisotopic (exact) mass is 462 g/mol. The van der Waals surface area contributed by atoms with E-state index < -0.39 is 0 Å². The summed E-state index contributed by atoms with van der Waals surface area (Å²) in [6.45, 7) is 6.68. The highest BCUT2D eigenvalue weighted by Crippen LogP contribution is 2.32. The van der Waals surface area contributed by atoms with Gasteiger partial charge in [-0.05, 0) is 67.4 Å². The van der Waals surface area contributed by atoms with E-state index in [9.17, 15) is 4.79 Å². The Bertz CT molecular complexity index is 1120. The largest absolute Gasteiger partial charge is 0.497 e. The van der Waals surface area contributed by atoms with E-state index in [1.54, 1.807) is 14.2 Å². The zero-order chi connectivity index (χ0) is 24.1. The van der Waals surface area contributed by atoms with Gasteiger partial charge < -0.3 is 24.0 Å². The van der Waals surface area contributed by atoms with Gasteiger partial charge >= 0.3 is 0 Å². The molecule has 1 aromatic heterocycles. The molecular weight excluding hydrogens is 432 g/mol. The Morgan fingerprint density at radius 1 is 0.853 bits per heavy atom. The lowest BCUT2D eigenvalue weighted by Crippen LogP contribution is -2.50. The molecule has 0 unspecified atom stereocenters. The Hall–Kier alpha value is -3.81. The van der Waals surface area contributed by atoms with E-state index >= 15 is 0 Å². The summed E-state index contributed by atoms with van der Waals surface area (Å²) in [5.74, 6) is 2.93. The number of anilines is 1. The van der Waals surface area contributed by atoms with Crippen LogP contribution in [0.2, 0.25) is 0 Å². The zero-order valence-electron chi connectivity index (χ0n) is 20.1. The van der Waals surface area contributed by atoms with Crippen molar-refractivity contribution < 1.29 is 19.0 Å². The maximum atomic E-state index is 12.6. The summed E-state index contributed by atoms with van der Waals surface area (Å²) in [4.78, 5) is 16.6. The van der Waals surface area contributed by atoms with E-state index in [-0.39, 0.29) is 12.5 Å². The predicted molar refractivity (Wildman–Crippen MR) is 131 cm³/mol. The molecule has 1 aliphatic heterocycles. The van der Waals surface area contributed by atoms with E-state index in [0.717, 1.165) is 34.0 Å². The fourth-order valence-corrected chi connectivity index (χ4v) is 4.09. The Morgan fingerprint density at radius 2 is 1.59 bits per heavy atom. The van der Waals surface area contributed by atoms with E-state index in [2.05, 4.69) is 21.2 Å². The molecule has 8 nitrogen and oxygen atoms in total. The second kappa shape index (κ2) is 10.4. The topological polar surface area (TPSA) is 77.0 Å². The highest BCUT2D eigenvalue weighted by Gasteiger charge is 2.23. The van der Waals surface area contributed by atoms with Gasteiger partial charge in [0.25, 0.3) is 5.91 Å². The molecule has 2 aromatic carbocycles. The Morgan fingerprint density at radius 3 is 2.21 bits per heavy atom. The highest BCUT2D eigenvalue weighted by molar-refractivity contribution is 5.78. The van der Waals surface area contributed by atoms with E-state index in [1.807, 2.05) is 61.2 Å². The van der Waals surface area contributed by atoms with E-state index in [4.69, 9.17) is 14.2 Å². The zero-order valence-corrected chi connectivity index (χ0v) is 20.1. The van der Waals surface area contributed by atoms with Crippen molar-refractivity contribution in [3.8, 4) is 28.5 Å². The number of hydrogen-bond acceptors (Lipinski definition) is 7. The minimum atomic E-state index is -0.00892. The molecule has 4 rings (SSSR count). The SMILES string of the molecule is COc1ccc(OC)c(-c2ccc(N3CCN(C(=O)COc4cc(C)cc(C)c4)CC3)nn2)c1. The Kier molecular flexibility index (Phi) is 7.15. The maximum absolute atomic E-state index is 12.6. The lowest BCUT2D eigenvalue weighted by molar-refractivity contribution is -0.133. The highest BCUT2D eigenvalue weighted by atomic mass is 16.5. The summed E-state index contributed by atoms with van der Waals surface area (Å²) in [6, 6.07) is 15.4. The lowest BCUT2D eigenvalue weighted by Gasteiger charge is -2.35. The van der Waals surface area contributed by atoms with Crippen LogP contribution < -0.4 is 19.1 Å². The normalized spacial score (nSPS) is 13.5. The van der Waals surface area contributed by atoms with E-state index in [0.29, 0.717) is 37.6 Å². The first-order valence-corrected chi connectivity index (χ1v) is 11.3. The molecule has 0 radical (unpaired) electrons. The second-order valence-electron chi connectivity index (χ2n) is 8.32. The fourth-order valence-electron chi connectivity index (χ4n) is 4.09. The molecule has 1 amide bonds. The molecule has 1 fully saturated rings. The molecule has 0 atom stereocenters. The first kappa shape index (κ1) is 23.4. The van der Waals surface area contributed by atoms with Crippen LogP contribution in [0.5, 0.6) is 17.2 Å². The summed E-state index contributed by atoms with van der Waals surface area (Å²) in [6.07, 6.45) is 0. The molecule has 0 aliphatic carbocycles. The van der Waals surface area contributed by atoms with Crippen LogP contribution in [0.25, 0.3) is 11.3 Å². The van der Waals surface area contributed by atoms with Gasteiger partial charge in [-0.1, -0.05) is 6.07 Å². The first-order chi connectivity index (χ1) is 16.5. The van der Waals surface area contributed by atoms with Crippen LogP contribution in [0, 0.1) is 13.8 Å². The summed E-state index contributed by atoms with van der Waals surface area (Å²) < 4.78 is 16.5. The molecule has 0 saturated carbocycles. The van der Waals surface area contributed by atoms with Crippen molar-refractivity contribution in [1.29, 1.82) is 0 Å². The van der Waals surface area contributed by atoms with Gasteiger partial charge in [0, 0.05) is 31.7 Å². The van der Waals surface area contributed by atoms with Crippen molar-refractivity contribution in [2.24, 2.45) is 0 Å². The number of aryl methyl sites for hydroxylation is 2. The van der Waals surface area contributed by atoms with Crippen LogP contribution in [0.15, 0.2) is 48.5 Å². The molecule has 1 aliphatic rings. The molecule has 2 heterocycles. The molecule has 0 spiro atoms. The average molecular weight is 463 g/mol. The third kappa shape index (κ3) is 5.39. The predicted octanol–water partition coefficient (Wildman–Crippen LogP) is 3.51. The van der Waals surface area contributed by atoms with Gasteiger partial charge in [0.1, 0.15) is 17.2 Å². The number of aromatic nitrogens is 2. The van der Waals surface area contributed by atoms with Crippen LogP contribution in [0.1, 0.15) is 11.1 Å². The van der Waals surface area contributed by atoms with Crippen LogP contribution in [0.3, 0.4) is 0 Å². The third-order valence-electron chi connectivity index (χ3n) is 5.85.